The van der Waals surface area contributed by atoms with Crippen molar-refractivity contribution < 1.29 is 5.11 Å². The number of aromatic nitrogens is 2. The van der Waals surface area contributed by atoms with Crippen LogP contribution >= 0.6 is 0 Å². The van der Waals surface area contributed by atoms with E-state index < -0.39 is 5.54 Å². The van der Waals surface area contributed by atoms with E-state index in [2.05, 4.69) is 41.4 Å². The van der Waals surface area contributed by atoms with Crippen LogP contribution in [0, 0.1) is 0 Å². The van der Waals surface area contributed by atoms with Crippen LogP contribution in [0.3, 0.4) is 0 Å². The van der Waals surface area contributed by atoms with Crippen molar-refractivity contribution in [1.29, 1.82) is 0 Å². The van der Waals surface area contributed by atoms with Crippen LogP contribution in [-0.2, 0) is 0 Å². The second-order valence-electron chi connectivity index (χ2n) is 5.75. The molecule has 1 rings (SSSR count). The van der Waals surface area contributed by atoms with Gasteiger partial charge in [-0.05, 0) is 20.3 Å². The molecular formula is C14H26N4O. The molecule has 0 radical (unpaired) electrons. The number of hydrogen-bond acceptors (Lipinski definition) is 5. The monoisotopic (exact) mass is 266 g/mol. The molecule has 5 nitrogen and oxygen atoms in total. The average molecular weight is 266 g/mol. The summed E-state index contributed by atoms with van der Waals surface area (Å²) in [4.78, 5) is 9.00. The molecule has 0 spiro atoms. The van der Waals surface area contributed by atoms with Gasteiger partial charge in [-0.1, -0.05) is 20.8 Å². The second-order valence-corrected chi connectivity index (χ2v) is 5.75. The maximum atomic E-state index is 9.32. The maximum absolute atomic E-state index is 9.32. The fourth-order valence-electron chi connectivity index (χ4n) is 1.52. The van der Waals surface area contributed by atoms with Crippen LogP contribution in [0.4, 0.5) is 11.6 Å². The molecule has 1 heterocycles. The molecule has 108 valence electrons. The molecule has 0 amide bonds. The zero-order valence-corrected chi connectivity index (χ0v) is 12.6. The lowest BCUT2D eigenvalue weighted by Gasteiger charge is -2.25. The third kappa shape index (κ3) is 5.03. The quantitative estimate of drug-likeness (QED) is 0.707. The highest BCUT2D eigenvalue weighted by Crippen LogP contribution is 2.19. The second kappa shape index (κ2) is 6.70. The van der Waals surface area contributed by atoms with Crippen molar-refractivity contribution in [1.82, 2.24) is 9.97 Å². The Labute approximate surface area is 115 Å². The van der Waals surface area contributed by atoms with E-state index in [4.69, 9.17) is 0 Å². The van der Waals surface area contributed by atoms with E-state index in [9.17, 15) is 5.11 Å². The predicted molar refractivity (Wildman–Crippen MR) is 79.7 cm³/mol. The Kier molecular flexibility index (Phi) is 5.54. The van der Waals surface area contributed by atoms with E-state index in [1.807, 2.05) is 19.9 Å². The Morgan fingerprint density at radius 2 is 1.89 bits per heavy atom. The van der Waals surface area contributed by atoms with Gasteiger partial charge in [0.05, 0.1) is 12.1 Å². The normalized spacial score (nSPS) is 11.7. The summed E-state index contributed by atoms with van der Waals surface area (Å²) in [6, 6.07) is 1.89. The Morgan fingerprint density at radius 1 is 1.26 bits per heavy atom. The van der Waals surface area contributed by atoms with E-state index in [0.29, 0.717) is 0 Å². The molecule has 0 saturated carbocycles. The zero-order chi connectivity index (χ0) is 14.5. The molecule has 0 atom stereocenters. The SMILES string of the molecule is CCCNc1cc(NC(C)(C)CO)nc(C(C)C)n1. The first-order chi connectivity index (χ1) is 8.88. The third-order valence-corrected chi connectivity index (χ3v) is 2.68. The smallest absolute Gasteiger partial charge is 0.135 e. The van der Waals surface area contributed by atoms with Crippen molar-refractivity contribution in [2.75, 3.05) is 23.8 Å². The van der Waals surface area contributed by atoms with Gasteiger partial charge in [-0.15, -0.1) is 0 Å². The molecule has 0 unspecified atom stereocenters. The summed E-state index contributed by atoms with van der Waals surface area (Å²) in [5, 5.41) is 15.8. The fraction of sp³-hybridized carbons (Fsp3) is 0.714. The van der Waals surface area contributed by atoms with Crippen molar-refractivity contribution >= 4 is 11.6 Å². The molecule has 3 N–H and O–H groups in total. The van der Waals surface area contributed by atoms with Crippen LogP contribution in [0.1, 0.15) is 52.8 Å². The van der Waals surface area contributed by atoms with Gasteiger partial charge >= 0.3 is 0 Å². The first-order valence-electron chi connectivity index (χ1n) is 6.90. The van der Waals surface area contributed by atoms with Crippen molar-refractivity contribution in [3.63, 3.8) is 0 Å². The molecule has 1 aromatic heterocycles. The minimum Gasteiger partial charge on any atom is -0.394 e. The van der Waals surface area contributed by atoms with Crippen molar-refractivity contribution in [2.24, 2.45) is 0 Å². The predicted octanol–water partition coefficient (Wildman–Crippen LogP) is 2.60. The maximum Gasteiger partial charge on any atom is 0.135 e. The fourth-order valence-corrected chi connectivity index (χ4v) is 1.52. The summed E-state index contributed by atoms with van der Waals surface area (Å²) in [7, 11) is 0. The first kappa shape index (κ1) is 15.7. The van der Waals surface area contributed by atoms with Gasteiger partial charge in [0.2, 0.25) is 0 Å². The van der Waals surface area contributed by atoms with Crippen LogP contribution < -0.4 is 10.6 Å². The van der Waals surface area contributed by atoms with Crippen molar-refractivity contribution in [3.05, 3.63) is 11.9 Å². The van der Waals surface area contributed by atoms with E-state index in [1.165, 1.54) is 0 Å². The van der Waals surface area contributed by atoms with E-state index in [1.54, 1.807) is 0 Å². The van der Waals surface area contributed by atoms with Gasteiger partial charge in [0.15, 0.2) is 0 Å². The first-order valence-corrected chi connectivity index (χ1v) is 6.90. The molecule has 1 aromatic rings. The number of nitrogens with zero attached hydrogens (tertiary/aromatic N) is 2. The van der Waals surface area contributed by atoms with E-state index >= 15 is 0 Å². The molecule has 19 heavy (non-hydrogen) atoms. The number of nitrogens with one attached hydrogen (secondary N) is 2. The Bertz CT molecular complexity index is 404. The Balaban J connectivity index is 2.99. The van der Waals surface area contributed by atoms with Gasteiger partial charge in [0.25, 0.3) is 0 Å². The highest BCUT2D eigenvalue weighted by atomic mass is 16.3. The van der Waals surface area contributed by atoms with Crippen LogP contribution in [0.15, 0.2) is 6.07 Å². The number of hydrogen-bond donors (Lipinski definition) is 3. The van der Waals surface area contributed by atoms with Crippen molar-refractivity contribution in [2.45, 2.75) is 52.5 Å². The lowest BCUT2D eigenvalue weighted by molar-refractivity contribution is 0.234. The van der Waals surface area contributed by atoms with Gasteiger partial charge in [-0.2, -0.15) is 0 Å². The lowest BCUT2D eigenvalue weighted by Crippen LogP contribution is -2.35. The van der Waals surface area contributed by atoms with E-state index in [-0.39, 0.29) is 12.5 Å². The lowest BCUT2D eigenvalue weighted by atomic mass is 10.1. The Hall–Kier alpha value is -1.36. The number of anilines is 2. The summed E-state index contributed by atoms with van der Waals surface area (Å²) in [6.07, 6.45) is 1.05. The molecule has 0 aromatic carbocycles. The van der Waals surface area contributed by atoms with Crippen LogP contribution in [-0.4, -0.2) is 33.8 Å². The summed E-state index contributed by atoms with van der Waals surface area (Å²) in [5.41, 5.74) is -0.398. The molecular weight excluding hydrogens is 240 g/mol. The summed E-state index contributed by atoms with van der Waals surface area (Å²) in [6.45, 7) is 11.1. The van der Waals surface area contributed by atoms with Crippen LogP contribution in [0.2, 0.25) is 0 Å². The molecule has 0 aliphatic rings. The molecule has 5 heteroatoms. The van der Waals surface area contributed by atoms with Gasteiger partial charge < -0.3 is 15.7 Å². The number of rotatable bonds is 7. The largest absolute Gasteiger partial charge is 0.394 e. The highest BCUT2D eigenvalue weighted by molar-refractivity contribution is 5.49. The summed E-state index contributed by atoms with van der Waals surface area (Å²) in [5.74, 6) is 2.65. The molecule has 0 aliphatic carbocycles. The Morgan fingerprint density at radius 3 is 2.42 bits per heavy atom. The minimum atomic E-state index is -0.398. The summed E-state index contributed by atoms with van der Waals surface area (Å²) >= 11 is 0. The average Bonchev–Trinajstić information content (AvgIpc) is 2.35. The molecule has 0 aliphatic heterocycles. The molecule has 0 fully saturated rings. The van der Waals surface area contributed by atoms with Gasteiger partial charge in [0.1, 0.15) is 17.5 Å². The van der Waals surface area contributed by atoms with Gasteiger partial charge in [0, 0.05) is 18.5 Å². The summed E-state index contributed by atoms with van der Waals surface area (Å²) < 4.78 is 0. The number of aliphatic hydroxyl groups is 1. The van der Waals surface area contributed by atoms with Crippen molar-refractivity contribution in [3.8, 4) is 0 Å². The highest BCUT2D eigenvalue weighted by Gasteiger charge is 2.18. The minimum absolute atomic E-state index is 0.0474. The zero-order valence-electron chi connectivity index (χ0n) is 12.6. The van der Waals surface area contributed by atoms with Crippen LogP contribution in [0.25, 0.3) is 0 Å². The standard InChI is InChI=1S/C14H26N4O/c1-6-7-15-11-8-12(18-14(4,5)9-19)17-13(16-11)10(2)3/h8,10,19H,6-7,9H2,1-5H3,(H2,15,16,17,18). The third-order valence-electron chi connectivity index (χ3n) is 2.68. The number of aliphatic hydroxyl groups excluding tert-OH is 1. The van der Waals surface area contributed by atoms with Gasteiger partial charge in [-0.25, -0.2) is 9.97 Å². The molecule has 0 saturated heterocycles. The van der Waals surface area contributed by atoms with Crippen LogP contribution in [0.5, 0.6) is 0 Å². The van der Waals surface area contributed by atoms with E-state index in [0.717, 1.165) is 30.4 Å². The topological polar surface area (TPSA) is 70.1 Å². The van der Waals surface area contributed by atoms with Gasteiger partial charge in [-0.3, -0.25) is 0 Å². The molecule has 0 bridgehead atoms.